The monoisotopic (exact) mass is 280 g/mol. The Morgan fingerprint density at radius 3 is 2.24 bits per heavy atom. The first-order chi connectivity index (χ1) is 10.2. The number of hydrogen-bond donors (Lipinski definition) is 2. The van der Waals surface area contributed by atoms with Gasteiger partial charge in [-0.3, -0.25) is 4.79 Å². The van der Waals surface area contributed by atoms with Crippen molar-refractivity contribution in [2.45, 2.75) is 31.3 Å². The van der Waals surface area contributed by atoms with Gasteiger partial charge >= 0.3 is 0 Å². The third-order valence-corrected chi connectivity index (χ3v) is 4.03. The molecule has 108 valence electrons. The largest absolute Gasteiger partial charge is 0.351 e. The molecule has 1 amide bonds. The molecule has 3 nitrogen and oxygen atoms in total. The van der Waals surface area contributed by atoms with E-state index in [0.717, 1.165) is 18.4 Å². The van der Waals surface area contributed by atoms with Crippen LogP contribution in [0, 0.1) is 0 Å². The minimum absolute atomic E-state index is 0.0586. The van der Waals surface area contributed by atoms with E-state index in [-0.39, 0.29) is 11.9 Å². The standard InChI is InChI=1S/C18H20N2O/c19-17(10-13-6-2-1-3-7-13)18(21)20-16-11-14-8-4-5-9-15(14)12-16/h1-9,16-17H,10-12,19H2,(H,20,21)/t17-/m1/s1. The molecular formula is C18H20N2O. The topological polar surface area (TPSA) is 55.1 Å². The van der Waals surface area contributed by atoms with Crippen molar-refractivity contribution in [3.63, 3.8) is 0 Å². The summed E-state index contributed by atoms with van der Waals surface area (Å²) in [5.41, 5.74) is 9.78. The van der Waals surface area contributed by atoms with Gasteiger partial charge in [-0.25, -0.2) is 0 Å². The number of carbonyl (C=O) groups is 1. The maximum absolute atomic E-state index is 12.2. The number of fused-ring (bicyclic) bond motifs is 1. The first-order valence-corrected chi connectivity index (χ1v) is 7.39. The highest BCUT2D eigenvalue weighted by atomic mass is 16.2. The second-order valence-electron chi connectivity index (χ2n) is 5.68. The van der Waals surface area contributed by atoms with Crippen LogP contribution in [0.25, 0.3) is 0 Å². The molecule has 1 aliphatic rings. The minimum Gasteiger partial charge on any atom is -0.351 e. The number of nitrogens with one attached hydrogen (secondary N) is 1. The third kappa shape index (κ3) is 3.31. The molecule has 3 rings (SSSR count). The lowest BCUT2D eigenvalue weighted by Crippen LogP contribution is -2.46. The number of nitrogens with two attached hydrogens (primary N) is 1. The van der Waals surface area contributed by atoms with E-state index in [1.807, 2.05) is 42.5 Å². The van der Waals surface area contributed by atoms with Crippen LogP contribution < -0.4 is 11.1 Å². The summed E-state index contributed by atoms with van der Waals surface area (Å²) in [6.45, 7) is 0. The Balaban J connectivity index is 1.55. The fraction of sp³-hybridized carbons (Fsp3) is 0.278. The van der Waals surface area contributed by atoms with E-state index in [1.165, 1.54) is 11.1 Å². The molecule has 1 aliphatic carbocycles. The van der Waals surface area contributed by atoms with Gasteiger partial charge in [0.25, 0.3) is 0 Å². The molecule has 0 radical (unpaired) electrons. The molecule has 0 aromatic heterocycles. The molecule has 2 aromatic carbocycles. The van der Waals surface area contributed by atoms with Crippen LogP contribution in [0.1, 0.15) is 16.7 Å². The van der Waals surface area contributed by atoms with Crippen molar-refractivity contribution in [2.75, 3.05) is 0 Å². The predicted molar refractivity (Wildman–Crippen MR) is 83.9 cm³/mol. The SMILES string of the molecule is N[C@H](Cc1ccccc1)C(=O)NC1Cc2ccccc2C1. The van der Waals surface area contributed by atoms with Crippen molar-refractivity contribution in [1.29, 1.82) is 0 Å². The first-order valence-electron chi connectivity index (χ1n) is 7.39. The molecule has 0 spiro atoms. The molecule has 0 heterocycles. The molecule has 0 saturated heterocycles. The van der Waals surface area contributed by atoms with Crippen LogP contribution in [0.4, 0.5) is 0 Å². The van der Waals surface area contributed by atoms with Gasteiger partial charge in [0.15, 0.2) is 0 Å². The second kappa shape index (κ2) is 6.10. The van der Waals surface area contributed by atoms with E-state index in [4.69, 9.17) is 5.73 Å². The lowest BCUT2D eigenvalue weighted by atomic mass is 10.1. The molecule has 1 atom stereocenters. The van der Waals surface area contributed by atoms with Crippen LogP contribution in [0.15, 0.2) is 54.6 Å². The highest BCUT2D eigenvalue weighted by molar-refractivity contribution is 5.82. The molecule has 2 aromatic rings. The Labute approximate surface area is 125 Å². The molecule has 0 aliphatic heterocycles. The molecular weight excluding hydrogens is 260 g/mol. The van der Waals surface area contributed by atoms with Gasteiger partial charge in [0.1, 0.15) is 0 Å². The van der Waals surface area contributed by atoms with E-state index in [0.29, 0.717) is 6.42 Å². The molecule has 0 bridgehead atoms. The van der Waals surface area contributed by atoms with Gasteiger partial charge in [0.2, 0.25) is 5.91 Å². The van der Waals surface area contributed by atoms with Crippen molar-refractivity contribution >= 4 is 5.91 Å². The highest BCUT2D eigenvalue weighted by Crippen LogP contribution is 2.21. The maximum Gasteiger partial charge on any atom is 0.237 e. The van der Waals surface area contributed by atoms with Gasteiger partial charge in [0.05, 0.1) is 6.04 Å². The Kier molecular flexibility index (Phi) is 4.02. The molecule has 3 N–H and O–H groups in total. The zero-order valence-electron chi connectivity index (χ0n) is 12.0. The van der Waals surface area contributed by atoms with Crippen LogP contribution in [-0.4, -0.2) is 18.0 Å². The van der Waals surface area contributed by atoms with Crippen molar-refractivity contribution in [2.24, 2.45) is 5.73 Å². The van der Waals surface area contributed by atoms with E-state index < -0.39 is 6.04 Å². The van der Waals surface area contributed by atoms with Crippen molar-refractivity contribution in [3.8, 4) is 0 Å². The molecule has 21 heavy (non-hydrogen) atoms. The van der Waals surface area contributed by atoms with Crippen molar-refractivity contribution < 1.29 is 4.79 Å². The molecule has 0 saturated carbocycles. The zero-order chi connectivity index (χ0) is 14.7. The van der Waals surface area contributed by atoms with E-state index >= 15 is 0 Å². The Bertz CT molecular complexity index is 599. The summed E-state index contributed by atoms with van der Waals surface area (Å²) < 4.78 is 0. The van der Waals surface area contributed by atoms with Crippen LogP contribution in [0.5, 0.6) is 0 Å². The Hall–Kier alpha value is -2.13. The number of hydrogen-bond acceptors (Lipinski definition) is 2. The van der Waals surface area contributed by atoms with Gasteiger partial charge in [0, 0.05) is 6.04 Å². The average Bonchev–Trinajstić information content (AvgIpc) is 2.90. The normalized spacial score (nSPS) is 15.5. The quantitative estimate of drug-likeness (QED) is 0.898. The summed E-state index contributed by atoms with van der Waals surface area (Å²) in [4.78, 5) is 12.2. The smallest absolute Gasteiger partial charge is 0.237 e. The Morgan fingerprint density at radius 2 is 1.62 bits per heavy atom. The number of carbonyl (C=O) groups excluding carboxylic acids is 1. The van der Waals surface area contributed by atoms with Crippen molar-refractivity contribution in [3.05, 3.63) is 71.3 Å². The van der Waals surface area contributed by atoms with Gasteiger partial charge in [-0.05, 0) is 36.0 Å². The van der Waals surface area contributed by atoms with Gasteiger partial charge < -0.3 is 11.1 Å². The van der Waals surface area contributed by atoms with Gasteiger partial charge in [-0.2, -0.15) is 0 Å². The average molecular weight is 280 g/mol. The van der Waals surface area contributed by atoms with Crippen LogP contribution in [0.3, 0.4) is 0 Å². The fourth-order valence-corrected chi connectivity index (χ4v) is 2.93. The van der Waals surface area contributed by atoms with E-state index in [1.54, 1.807) is 0 Å². The van der Waals surface area contributed by atoms with Crippen LogP contribution in [-0.2, 0) is 24.1 Å². The minimum atomic E-state index is -0.490. The highest BCUT2D eigenvalue weighted by Gasteiger charge is 2.24. The summed E-state index contributed by atoms with van der Waals surface area (Å²) in [6.07, 6.45) is 2.38. The Morgan fingerprint density at radius 1 is 1.05 bits per heavy atom. The molecule has 0 fully saturated rings. The maximum atomic E-state index is 12.2. The third-order valence-electron chi connectivity index (χ3n) is 4.03. The number of benzene rings is 2. The van der Waals surface area contributed by atoms with Crippen LogP contribution in [0.2, 0.25) is 0 Å². The number of amides is 1. The zero-order valence-corrected chi connectivity index (χ0v) is 12.0. The summed E-state index contributed by atoms with van der Waals surface area (Å²) in [7, 11) is 0. The van der Waals surface area contributed by atoms with Gasteiger partial charge in [-0.15, -0.1) is 0 Å². The summed E-state index contributed by atoms with van der Waals surface area (Å²) in [6, 6.07) is 17.9. The summed E-state index contributed by atoms with van der Waals surface area (Å²) >= 11 is 0. The summed E-state index contributed by atoms with van der Waals surface area (Å²) in [5, 5.41) is 3.08. The van der Waals surface area contributed by atoms with E-state index in [9.17, 15) is 4.79 Å². The van der Waals surface area contributed by atoms with E-state index in [2.05, 4.69) is 17.4 Å². The van der Waals surface area contributed by atoms with Crippen LogP contribution >= 0.6 is 0 Å². The number of rotatable bonds is 4. The molecule has 3 heteroatoms. The summed E-state index contributed by atoms with van der Waals surface area (Å²) in [5.74, 6) is -0.0586. The lowest BCUT2D eigenvalue weighted by molar-refractivity contribution is -0.123. The molecule has 0 unspecified atom stereocenters. The fourth-order valence-electron chi connectivity index (χ4n) is 2.93. The van der Waals surface area contributed by atoms with Gasteiger partial charge in [-0.1, -0.05) is 54.6 Å². The first kappa shape index (κ1) is 13.8. The predicted octanol–water partition coefficient (Wildman–Crippen LogP) is 1.84. The second-order valence-corrected chi connectivity index (χ2v) is 5.68. The lowest BCUT2D eigenvalue weighted by Gasteiger charge is -2.16. The van der Waals surface area contributed by atoms with Crippen molar-refractivity contribution in [1.82, 2.24) is 5.32 Å².